The maximum Gasteiger partial charge on any atom is 0.0860 e. The van der Waals surface area contributed by atoms with E-state index in [9.17, 15) is 5.11 Å². The van der Waals surface area contributed by atoms with E-state index in [1.54, 1.807) is 19.9 Å². The average Bonchev–Trinajstić information content (AvgIpc) is 1.86. The van der Waals surface area contributed by atoms with Crippen molar-refractivity contribution in [2.45, 2.75) is 19.4 Å². The molecule has 0 radical (unpaired) electrons. The zero-order valence-electron chi connectivity index (χ0n) is 6.83. The third-order valence-corrected chi connectivity index (χ3v) is 1.62. The number of aliphatic hydroxyl groups is 1. The van der Waals surface area contributed by atoms with E-state index < -0.39 is 5.60 Å². The van der Waals surface area contributed by atoms with Gasteiger partial charge in [-0.15, -0.1) is 0 Å². The average molecular weight is 151 g/mol. The van der Waals surface area contributed by atoms with E-state index in [2.05, 4.69) is 0 Å². The van der Waals surface area contributed by atoms with Crippen LogP contribution in [-0.4, -0.2) is 5.11 Å². The molecule has 0 aliphatic heterocycles. The lowest BCUT2D eigenvalue weighted by Gasteiger charge is -2.19. The number of rotatable bonds is 1. The second kappa shape index (κ2) is 2.55. The molecule has 1 rings (SSSR count). The zero-order valence-corrected chi connectivity index (χ0v) is 6.83. The van der Waals surface area contributed by atoms with E-state index in [1.165, 1.54) is 0 Å². The summed E-state index contributed by atoms with van der Waals surface area (Å²) in [5, 5.41) is 9.59. The van der Waals surface area contributed by atoms with Gasteiger partial charge in [-0.2, -0.15) is 0 Å². The van der Waals surface area contributed by atoms with Gasteiger partial charge in [0.05, 0.1) is 5.60 Å². The van der Waals surface area contributed by atoms with Crippen LogP contribution in [0.25, 0.3) is 0 Å². The molecule has 1 aromatic carbocycles. The Balaban J connectivity index is 3.14. The second-order valence-electron chi connectivity index (χ2n) is 3.15. The molecule has 0 saturated carbocycles. The quantitative estimate of drug-likeness (QED) is 0.597. The zero-order chi connectivity index (χ0) is 8.48. The van der Waals surface area contributed by atoms with Gasteiger partial charge in [0.1, 0.15) is 0 Å². The van der Waals surface area contributed by atoms with Crippen LogP contribution in [0.4, 0.5) is 5.69 Å². The van der Waals surface area contributed by atoms with Crippen LogP contribution in [-0.2, 0) is 5.60 Å². The minimum Gasteiger partial charge on any atom is -0.398 e. The van der Waals surface area contributed by atoms with Crippen molar-refractivity contribution in [3.8, 4) is 0 Å². The number of nitrogens with two attached hydrogens (primary N) is 1. The monoisotopic (exact) mass is 151 g/mol. The topological polar surface area (TPSA) is 46.2 Å². The minimum atomic E-state index is -0.842. The molecule has 0 atom stereocenters. The Morgan fingerprint density at radius 1 is 1.27 bits per heavy atom. The van der Waals surface area contributed by atoms with Crippen molar-refractivity contribution in [2.24, 2.45) is 0 Å². The number of hydrogen-bond acceptors (Lipinski definition) is 2. The SMILES string of the molecule is CC(C)(O)c1ccccc1N. The maximum absolute atomic E-state index is 9.59. The normalized spacial score (nSPS) is 11.5. The standard InChI is InChI=1S/C9H13NO/c1-9(2,11)7-5-3-4-6-8(7)10/h3-6,11H,10H2,1-2H3. The van der Waals surface area contributed by atoms with Crippen molar-refractivity contribution >= 4 is 5.69 Å². The van der Waals surface area contributed by atoms with Crippen LogP contribution >= 0.6 is 0 Å². The Morgan fingerprint density at radius 3 is 2.18 bits per heavy atom. The summed E-state index contributed by atoms with van der Waals surface area (Å²) in [6.45, 7) is 3.44. The number of anilines is 1. The molecule has 1 aromatic rings. The molecule has 0 fully saturated rings. The van der Waals surface area contributed by atoms with Crippen LogP contribution < -0.4 is 5.73 Å². The smallest absolute Gasteiger partial charge is 0.0860 e. The van der Waals surface area contributed by atoms with Gasteiger partial charge < -0.3 is 10.8 Å². The second-order valence-corrected chi connectivity index (χ2v) is 3.15. The van der Waals surface area contributed by atoms with Crippen LogP contribution in [0.15, 0.2) is 24.3 Å². The van der Waals surface area contributed by atoms with Gasteiger partial charge >= 0.3 is 0 Å². The van der Waals surface area contributed by atoms with Gasteiger partial charge in [-0.25, -0.2) is 0 Å². The number of nitrogen functional groups attached to an aromatic ring is 1. The Kier molecular flexibility index (Phi) is 1.87. The number of hydrogen-bond donors (Lipinski definition) is 2. The molecule has 0 bridgehead atoms. The lowest BCUT2D eigenvalue weighted by Crippen LogP contribution is -2.17. The van der Waals surface area contributed by atoms with E-state index in [0.717, 1.165) is 5.56 Å². The summed E-state index contributed by atoms with van der Waals surface area (Å²) in [6.07, 6.45) is 0. The largest absolute Gasteiger partial charge is 0.398 e. The van der Waals surface area contributed by atoms with Crippen LogP contribution in [0.2, 0.25) is 0 Å². The molecule has 0 heterocycles. The van der Waals surface area contributed by atoms with Crippen molar-refractivity contribution in [3.05, 3.63) is 29.8 Å². The Morgan fingerprint density at radius 2 is 1.82 bits per heavy atom. The summed E-state index contributed by atoms with van der Waals surface area (Å²) in [4.78, 5) is 0. The third kappa shape index (κ3) is 1.71. The first kappa shape index (κ1) is 8.08. The Hall–Kier alpha value is -1.02. The molecule has 11 heavy (non-hydrogen) atoms. The van der Waals surface area contributed by atoms with E-state index in [0.29, 0.717) is 5.69 Å². The highest BCUT2D eigenvalue weighted by atomic mass is 16.3. The summed E-state index contributed by atoms with van der Waals surface area (Å²) in [7, 11) is 0. The molecular formula is C9H13NO. The molecular weight excluding hydrogens is 138 g/mol. The van der Waals surface area contributed by atoms with Crippen LogP contribution in [0.3, 0.4) is 0 Å². The van der Waals surface area contributed by atoms with E-state index in [-0.39, 0.29) is 0 Å². The summed E-state index contributed by atoms with van der Waals surface area (Å²) in [6, 6.07) is 7.33. The van der Waals surface area contributed by atoms with Crippen LogP contribution in [0, 0.1) is 0 Å². The van der Waals surface area contributed by atoms with Crippen molar-refractivity contribution in [1.29, 1.82) is 0 Å². The highest BCUT2D eigenvalue weighted by Crippen LogP contribution is 2.24. The fourth-order valence-corrected chi connectivity index (χ4v) is 1.05. The molecule has 60 valence electrons. The minimum absolute atomic E-state index is 0.639. The van der Waals surface area contributed by atoms with Crippen molar-refractivity contribution in [3.63, 3.8) is 0 Å². The van der Waals surface area contributed by atoms with Crippen molar-refractivity contribution < 1.29 is 5.11 Å². The lowest BCUT2D eigenvalue weighted by atomic mass is 9.97. The van der Waals surface area contributed by atoms with E-state index in [1.807, 2.05) is 18.2 Å². The van der Waals surface area contributed by atoms with Gasteiger partial charge in [-0.05, 0) is 19.9 Å². The summed E-state index contributed by atoms with van der Waals surface area (Å²) < 4.78 is 0. The molecule has 0 amide bonds. The maximum atomic E-state index is 9.59. The first-order valence-corrected chi connectivity index (χ1v) is 3.59. The molecule has 0 spiro atoms. The van der Waals surface area contributed by atoms with Gasteiger partial charge in [0.25, 0.3) is 0 Å². The first-order chi connectivity index (χ1) is 5.02. The fourth-order valence-electron chi connectivity index (χ4n) is 1.05. The predicted octanol–water partition coefficient (Wildman–Crippen LogP) is 1.50. The third-order valence-electron chi connectivity index (χ3n) is 1.62. The summed E-state index contributed by atoms with van der Waals surface area (Å²) in [5.41, 5.74) is 6.22. The van der Waals surface area contributed by atoms with Gasteiger partial charge in [0.15, 0.2) is 0 Å². The van der Waals surface area contributed by atoms with Crippen LogP contribution in [0.1, 0.15) is 19.4 Å². The molecule has 0 saturated heterocycles. The lowest BCUT2D eigenvalue weighted by molar-refractivity contribution is 0.0794. The molecule has 2 heteroatoms. The summed E-state index contributed by atoms with van der Waals surface area (Å²) >= 11 is 0. The molecule has 0 unspecified atom stereocenters. The number of para-hydroxylation sites is 1. The van der Waals surface area contributed by atoms with E-state index in [4.69, 9.17) is 5.73 Å². The molecule has 0 aromatic heterocycles. The molecule has 0 aliphatic carbocycles. The molecule has 2 nitrogen and oxygen atoms in total. The van der Waals surface area contributed by atoms with E-state index >= 15 is 0 Å². The predicted molar refractivity (Wildman–Crippen MR) is 46.1 cm³/mol. The van der Waals surface area contributed by atoms with Gasteiger partial charge in [-0.3, -0.25) is 0 Å². The van der Waals surface area contributed by atoms with Gasteiger partial charge in [0.2, 0.25) is 0 Å². The molecule has 3 N–H and O–H groups in total. The van der Waals surface area contributed by atoms with Gasteiger partial charge in [-0.1, -0.05) is 18.2 Å². The van der Waals surface area contributed by atoms with Crippen molar-refractivity contribution in [2.75, 3.05) is 5.73 Å². The van der Waals surface area contributed by atoms with Crippen LogP contribution in [0.5, 0.6) is 0 Å². The summed E-state index contributed by atoms with van der Waals surface area (Å²) in [5.74, 6) is 0. The molecule has 0 aliphatic rings. The highest BCUT2D eigenvalue weighted by molar-refractivity contribution is 5.48. The van der Waals surface area contributed by atoms with Crippen molar-refractivity contribution in [1.82, 2.24) is 0 Å². The number of benzene rings is 1. The van der Waals surface area contributed by atoms with Gasteiger partial charge in [0, 0.05) is 11.3 Å². The fraction of sp³-hybridized carbons (Fsp3) is 0.333. The Bertz CT molecular complexity index is 250. The first-order valence-electron chi connectivity index (χ1n) is 3.59. The highest BCUT2D eigenvalue weighted by Gasteiger charge is 2.17. The Labute approximate surface area is 66.7 Å².